The normalized spacial score (nSPS) is 10.5. The molecule has 0 unspecified atom stereocenters. The molecule has 62 valence electrons. The Bertz CT molecular complexity index is 403. The van der Waals surface area contributed by atoms with Gasteiger partial charge in [0.2, 0.25) is 0 Å². The Hall–Kier alpha value is -1.51. The van der Waals surface area contributed by atoms with Gasteiger partial charge in [0.05, 0.1) is 11.2 Å². The number of fused-ring (bicyclic) bond motifs is 1. The topological polar surface area (TPSA) is 29.9 Å². The van der Waals surface area contributed by atoms with Gasteiger partial charge in [-0.25, -0.2) is 0 Å². The standard InChI is InChI=1S/C9H11N3/c1-10-8-6-12(2)9-3-4-11-5-7(8)9/h3-6,10H,1-2H3. The van der Waals surface area contributed by atoms with Crippen LogP contribution in [0.2, 0.25) is 0 Å². The lowest BCUT2D eigenvalue weighted by Gasteiger charge is -1.93. The second-order valence-corrected chi connectivity index (χ2v) is 2.80. The number of nitrogens with zero attached hydrogens (tertiary/aromatic N) is 2. The van der Waals surface area contributed by atoms with Crippen LogP contribution in [-0.2, 0) is 7.05 Å². The van der Waals surface area contributed by atoms with Gasteiger partial charge in [0.25, 0.3) is 0 Å². The summed E-state index contributed by atoms with van der Waals surface area (Å²) < 4.78 is 2.09. The number of rotatable bonds is 1. The van der Waals surface area contributed by atoms with Crippen LogP contribution in [0.25, 0.3) is 10.9 Å². The third-order valence-corrected chi connectivity index (χ3v) is 2.06. The molecule has 0 saturated carbocycles. The number of aromatic nitrogens is 2. The number of nitrogens with one attached hydrogen (secondary N) is 1. The predicted molar refractivity (Wildman–Crippen MR) is 50.3 cm³/mol. The molecule has 0 bridgehead atoms. The Morgan fingerprint density at radius 3 is 3.08 bits per heavy atom. The van der Waals surface area contributed by atoms with E-state index >= 15 is 0 Å². The van der Waals surface area contributed by atoms with Crippen LogP contribution in [0.1, 0.15) is 0 Å². The summed E-state index contributed by atoms with van der Waals surface area (Å²) >= 11 is 0. The van der Waals surface area contributed by atoms with Crippen molar-refractivity contribution in [2.75, 3.05) is 12.4 Å². The molecule has 12 heavy (non-hydrogen) atoms. The summed E-state index contributed by atoms with van der Waals surface area (Å²) in [5, 5.41) is 4.30. The molecule has 2 aromatic heterocycles. The lowest BCUT2D eigenvalue weighted by Crippen LogP contribution is -1.85. The third kappa shape index (κ3) is 0.863. The van der Waals surface area contributed by atoms with Gasteiger partial charge in [-0.3, -0.25) is 4.98 Å². The maximum atomic E-state index is 4.08. The molecule has 2 rings (SSSR count). The molecular weight excluding hydrogens is 150 g/mol. The van der Waals surface area contributed by atoms with Gasteiger partial charge in [0, 0.05) is 38.1 Å². The molecule has 3 heteroatoms. The van der Waals surface area contributed by atoms with Crippen molar-refractivity contribution in [3.05, 3.63) is 24.7 Å². The number of hydrogen-bond acceptors (Lipinski definition) is 2. The molecule has 0 aromatic carbocycles. The van der Waals surface area contributed by atoms with Crippen LogP contribution in [0.15, 0.2) is 24.7 Å². The van der Waals surface area contributed by atoms with Crippen molar-refractivity contribution in [1.82, 2.24) is 9.55 Å². The molecule has 0 aliphatic carbocycles. The molecule has 0 atom stereocenters. The molecule has 2 heterocycles. The highest BCUT2D eigenvalue weighted by Gasteiger charge is 2.02. The zero-order valence-electron chi connectivity index (χ0n) is 7.20. The van der Waals surface area contributed by atoms with Crippen LogP contribution in [0.4, 0.5) is 5.69 Å². The average molecular weight is 161 g/mol. The largest absolute Gasteiger partial charge is 0.386 e. The zero-order valence-corrected chi connectivity index (χ0v) is 7.20. The Labute approximate surface area is 71.0 Å². The Balaban J connectivity index is 2.82. The minimum atomic E-state index is 1.13. The molecule has 0 aliphatic heterocycles. The van der Waals surface area contributed by atoms with Crippen molar-refractivity contribution in [2.24, 2.45) is 7.05 Å². The fraction of sp³-hybridized carbons (Fsp3) is 0.222. The van der Waals surface area contributed by atoms with E-state index in [9.17, 15) is 0 Å². The van der Waals surface area contributed by atoms with Crippen LogP contribution in [0, 0.1) is 0 Å². The van der Waals surface area contributed by atoms with Crippen LogP contribution < -0.4 is 5.32 Å². The van der Waals surface area contributed by atoms with Crippen LogP contribution in [0.5, 0.6) is 0 Å². The molecule has 0 fully saturated rings. The van der Waals surface area contributed by atoms with Gasteiger partial charge >= 0.3 is 0 Å². The van der Waals surface area contributed by atoms with Crippen molar-refractivity contribution in [3.63, 3.8) is 0 Å². The molecule has 3 nitrogen and oxygen atoms in total. The SMILES string of the molecule is CNc1cn(C)c2ccncc12. The molecule has 1 N–H and O–H groups in total. The fourth-order valence-corrected chi connectivity index (χ4v) is 1.43. The summed E-state index contributed by atoms with van der Waals surface area (Å²) in [5.74, 6) is 0. The summed E-state index contributed by atoms with van der Waals surface area (Å²) in [5.41, 5.74) is 2.33. The molecule has 0 saturated heterocycles. The van der Waals surface area contributed by atoms with Crippen LogP contribution in [0.3, 0.4) is 0 Å². The van der Waals surface area contributed by atoms with E-state index in [0.29, 0.717) is 0 Å². The zero-order chi connectivity index (χ0) is 8.55. The van der Waals surface area contributed by atoms with Gasteiger partial charge < -0.3 is 9.88 Å². The molecule has 0 amide bonds. The van der Waals surface area contributed by atoms with E-state index in [-0.39, 0.29) is 0 Å². The summed E-state index contributed by atoms with van der Waals surface area (Å²) in [4.78, 5) is 4.08. The summed E-state index contributed by atoms with van der Waals surface area (Å²) in [6.45, 7) is 0. The summed E-state index contributed by atoms with van der Waals surface area (Å²) in [6.07, 6.45) is 5.75. The summed E-state index contributed by atoms with van der Waals surface area (Å²) in [7, 11) is 3.95. The van der Waals surface area contributed by atoms with E-state index in [1.807, 2.05) is 32.6 Å². The Morgan fingerprint density at radius 2 is 2.33 bits per heavy atom. The van der Waals surface area contributed by atoms with E-state index < -0.39 is 0 Å². The molecule has 2 aromatic rings. The first-order valence-electron chi connectivity index (χ1n) is 3.89. The summed E-state index contributed by atoms with van der Waals surface area (Å²) in [6, 6.07) is 2.01. The van der Waals surface area contributed by atoms with E-state index in [4.69, 9.17) is 0 Å². The Morgan fingerprint density at radius 1 is 1.50 bits per heavy atom. The van der Waals surface area contributed by atoms with Gasteiger partial charge in [-0.05, 0) is 6.07 Å². The maximum absolute atomic E-state index is 4.08. The van der Waals surface area contributed by atoms with Crippen molar-refractivity contribution < 1.29 is 0 Å². The van der Waals surface area contributed by atoms with E-state index in [1.165, 1.54) is 10.9 Å². The smallest absolute Gasteiger partial charge is 0.0613 e. The quantitative estimate of drug-likeness (QED) is 0.688. The van der Waals surface area contributed by atoms with E-state index in [1.54, 1.807) is 0 Å². The predicted octanol–water partition coefficient (Wildman–Crippen LogP) is 1.61. The molecule has 0 aliphatic rings. The van der Waals surface area contributed by atoms with Crippen LogP contribution >= 0.6 is 0 Å². The third-order valence-electron chi connectivity index (χ3n) is 2.06. The molecule has 0 spiro atoms. The lowest BCUT2D eigenvalue weighted by atomic mass is 10.3. The van der Waals surface area contributed by atoms with Gasteiger partial charge in [-0.1, -0.05) is 0 Å². The van der Waals surface area contributed by atoms with Crippen molar-refractivity contribution in [1.29, 1.82) is 0 Å². The highest BCUT2D eigenvalue weighted by atomic mass is 15.0. The fourth-order valence-electron chi connectivity index (χ4n) is 1.43. The molecule has 0 radical (unpaired) electrons. The first-order valence-corrected chi connectivity index (χ1v) is 3.89. The Kier molecular flexibility index (Phi) is 1.50. The van der Waals surface area contributed by atoms with Crippen molar-refractivity contribution in [2.45, 2.75) is 0 Å². The molecular formula is C9H11N3. The second-order valence-electron chi connectivity index (χ2n) is 2.80. The average Bonchev–Trinajstić information content (AvgIpc) is 2.44. The number of aryl methyl sites for hydroxylation is 1. The van der Waals surface area contributed by atoms with Crippen molar-refractivity contribution in [3.8, 4) is 0 Å². The van der Waals surface area contributed by atoms with E-state index in [0.717, 1.165) is 5.69 Å². The first-order chi connectivity index (χ1) is 5.83. The highest BCUT2D eigenvalue weighted by molar-refractivity contribution is 5.92. The van der Waals surface area contributed by atoms with Gasteiger partial charge in [0.1, 0.15) is 0 Å². The van der Waals surface area contributed by atoms with Crippen molar-refractivity contribution >= 4 is 16.6 Å². The number of anilines is 1. The van der Waals surface area contributed by atoms with Gasteiger partial charge in [0.15, 0.2) is 0 Å². The maximum Gasteiger partial charge on any atom is 0.0613 e. The highest BCUT2D eigenvalue weighted by Crippen LogP contribution is 2.22. The lowest BCUT2D eigenvalue weighted by molar-refractivity contribution is 0.968. The second kappa shape index (κ2) is 2.52. The first kappa shape index (κ1) is 7.16. The minimum Gasteiger partial charge on any atom is -0.386 e. The number of pyridine rings is 1. The van der Waals surface area contributed by atoms with Crippen LogP contribution in [-0.4, -0.2) is 16.6 Å². The monoisotopic (exact) mass is 161 g/mol. The van der Waals surface area contributed by atoms with E-state index in [2.05, 4.69) is 21.1 Å². The minimum absolute atomic E-state index is 1.13. The number of hydrogen-bond donors (Lipinski definition) is 1. The van der Waals surface area contributed by atoms with Gasteiger partial charge in [-0.2, -0.15) is 0 Å². The van der Waals surface area contributed by atoms with Gasteiger partial charge in [-0.15, -0.1) is 0 Å².